The minimum atomic E-state index is -0.466. The van der Waals surface area contributed by atoms with Crippen LogP contribution in [0, 0.1) is 0 Å². The highest BCUT2D eigenvalue weighted by Gasteiger charge is 2.19. The van der Waals surface area contributed by atoms with E-state index in [0.717, 1.165) is 30.0 Å². The van der Waals surface area contributed by atoms with Crippen molar-refractivity contribution in [2.24, 2.45) is 0 Å². The van der Waals surface area contributed by atoms with E-state index >= 15 is 0 Å². The Morgan fingerprint density at radius 2 is 2.09 bits per heavy atom. The molecule has 1 rings (SSSR count). The van der Waals surface area contributed by atoms with Crippen molar-refractivity contribution in [3.8, 4) is 0 Å². The Balaban J connectivity index is 2.53. The molecule has 0 saturated heterocycles. The van der Waals surface area contributed by atoms with Crippen molar-refractivity contribution >= 4 is 23.5 Å². The van der Waals surface area contributed by atoms with Crippen LogP contribution in [0.15, 0.2) is 24.3 Å². The van der Waals surface area contributed by atoms with Crippen molar-refractivity contribution in [1.29, 1.82) is 0 Å². The zero-order chi connectivity index (χ0) is 16.6. The third kappa shape index (κ3) is 7.59. The largest absolute Gasteiger partial charge is 0.444 e. The van der Waals surface area contributed by atoms with Gasteiger partial charge < -0.3 is 15.0 Å². The highest BCUT2D eigenvalue weighted by atomic mass is 32.2. The summed E-state index contributed by atoms with van der Waals surface area (Å²) >= 11 is 1.86. The molecule has 0 heterocycles. The van der Waals surface area contributed by atoms with Crippen LogP contribution in [0.1, 0.15) is 32.8 Å². The lowest BCUT2D eigenvalue weighted by Crippen LogP contribution is -2.33. The molecule has 0 fully saturated rings. The first-order chi connectivity index (χ1) is 10.3. The van der Waals surface area contributed by atoms with Gasteiger partial charge in [-0.3, -0.25) is 0 Å². The highest BCUT2D eigenvalue weighted by molar-refractivity contribution is 7.98. The first-order valence-electron chi connectivity index (χ1n) is 7.57. The predicted molar refractivity (Wildman–Crippen MR) is 95.6 cm³/mol. The third-order valence-corrected chi connectivity index (χ3v) is 3.60. The van der Waals surface area contributed by atoms with Gasteiger partial charge in [0.25, 0.3) is 0 Å². The number of anilines is 1. The van der Waals surface area contributed by atoms with Gasteiger partial charge in [-0.2, -0.15) is 11.8 Å². The number of nitrogens with one attached hydrogen (secondary N) is 1. The second-order valence-electron chi connectivity index (χ2n) is 6.31. The molecule has 22 heavy (non-hydrogen) atoms. The van der Waals surface area contributed by atoms with E-state index in [4.69, 9.17) is 4.74 Å². The summed E-state index contributed by atoms with van der Waals surface area (Å²) in [5.41, 5.74) is 1.71. The molecule has 1 aromatic rings. The van der Waals surface area contributed by atoms with E-state index in [-0.39, 0.29) is 6.09 Å². The zero-order valence-electron chi connectivity index (χ0n) is 14.3. The maximum atomic E-state index is 12.0. The summed E-state index contributed by atoms with van der Waals surface area (Å²) in [4.78, 5) is 13.6. The molecular formula is C17H28N2O2S. The monoisotopic (exact) mass is 324 g/mol. The van der Waals surface area contributed by atoms with Crippen LogP contribution in [0.2, 0.25) is 0 Å². The number of carbonyl (C=O) groups is 1. The summed E-state index contributed by atoms with van der Waals surface area (Å²) in [5.74, 6) is 1.16. The van der Waals surface area contributed by atoms with Crippen LogP contribution in [0.5, 0.6) is 0 Å². The smallest absolute Gasteiger partial charge is 0.410 e. The second kappa shape index (κ2) is 8.93. The Labute approximate surface area is 138 Å². The number of carbonyl (C=O) groups excluding carboxylic acids is 1. The number of thioether (sulfide) groups is 1. The molecule has 0 spiro atoms. The summed E-state index contributed by atoms with van der Waals surface area (Å²) in [7, 11) is 1.76. The standard InChI is InChI=1S/C17H28N2O2S/c1-17(2,3)21-16(20)19(4)13-14-8-6-9-15(12-14)18-10-7-11-22-5/h6,8-9,12,18H,7,10-11,13H2,1-5H3. The van der Waals surface area contributed by atoms with Crippen molar-refractivity contribution < 1.29 is 9.53 Å². The van der Waals surface area contributed by atoms with Gasteiger partial charge in [0.2, 0.25) is 0 Å². The van der Waals surface area contributed by atoms with Gasteiger partial charge in [0.1, 0.15) is 5.60 Å². The number of nitrogens with zero attached hydrogens (tertiary/aromatic N) is 1. The lowest BCUT2D eigenvalue weighted by atomic mass is 10.2. The van der Waals surface area contributed by atoms with Gasteiger partial charge in [0.05, 0.1) is 0 Å². The maximum Gasteiger partial charge on any atom is 0.410 e. The summed E-state index contributed by atoms with van der Waals surface area (Å²) < 4.78 is 5.36. The van der Waals surface area contributed by atoms with Crippen molar-refractivity contribution in [3.63, 3.8) is 0 Å². The van der Waals surface area contributed by atoms with Crippen molar-refractivity contribution in [2.45, 2.75) is 39.3 Å². The van der Waals surface area contributed by atoms with Crippen molar-refractivity contribution in [1.82, 2.24) is 4.90 Å². The van der Waals surface area contributed by atoms with E-state index in [1.54, 1.807) is 11.9 Å². The fourth-order valence-corrected chi connectivity index (χ4v) is 2.34. The summed E-state index contributed by atoms with van der Waals surface area (Å²) in [6.45, 7) is 7.12. The van der Waals surface area contributed by atoms with E-state index in [2.05, 4.69) is 23.7 Å². The van der Waals surface area contributed by atoms with Crippen LogP contribution in [0.25, 0.3) is 0 Å². The van der Waals surface area contributed by atoms with Gasteiger partial charge in [0.15, 0.2) is 0 Å². The molecule has 124 valence electrons. The molecule has 0 saturated carbocycles. The van der Waals surface area contributed by atoms with E-state index in [1.165, 1.54) is 0 Å². The zero-order valence-corrected chi connectivity index (χ0v) is 15.1. The Morgan fingerprint density at radius 3 is 2.73 bits per heavy atom. The Kier molecular flexibility index (Phi) is 7.59. The van der Waals surface area contributed by atoms with Crippen LogP contribution >= 0.6 is 11.8 Å². The number of benzene rings is 1. The SMILES string of the molecule is CSCCCNc1cccc(CN(C)C(=O)OC(C)(C)C)c1. The Hall–Kier alpha value is -1.36. The van der Waals surface area contributed by atoms with Gasteiger partial charge in [-0.15, -0.1) is 0 Å². The molecule has 0 unspecified atom stereocenters. The van der Waals surface area contributed by atoms with Crippen LogP contribution < -0.4 is 5.32 Å². The van der Waals surface area contributed by atoms with Crippen molar-refractivity contribution in [3.05, 3.63) is 29.8 Å². The third-order valence-electron chi connectivity index (χ3n) is 2.91. The van der Waals surface area contributed by atoms with E-state index in [1.807, 2.05) is 44.7 Å². The fraction of sp³-hybridized carbons (Fsp3) is 0.588. The molecule has 1 aromatic carbocycles. The summed E-state index contributed by atoms with van der Waals surface area (Å²) in [5, 5.41) is 3.41. The average Bonchev–Trinajstić information content (AvgIpc) is 2.42. The van der Waals surface area contributed by atoms with Gasteiger partial charge in [-0.25, -0.2) is 4.79 Å². The lowest BCUT2D eigenvalue weighted by Gasteiger charge is -2.24. The Morgan fingerprint density at radius 1 is 1.36 bits per heavy atom. The number of ether oxygens (including phenoxy) is 1. The van der Waals surface area contributed by atoms with E-state index in [0.29, 0.717) is 6.54 Å². The van der Waals surface area contributed by atoms with Crippen molar-refractivity contribution in [2.75, 3.05) is 30.9 Å². The molecular weight excluding hydrogens is 296 g/mol. The van der Waals surface area contributed by atoms with E-state index in [9.17, 15) is 4.79 Å². The van der Waals surface area contributed by atoms with Crippen LogP contribution in [-0.4, -0.2) is 42.2 Å². The van der Waals surface area contributed by atoms with Gasteiger partial charge >= 0.3 is 6.09 Å². The Bertz CT molecular complexity index is 472. The minimum Gasteiger partial charge on any atom is -0.444 e. The number of hydrogen-bond acceptors (Lipinski definition) is 4. The molecule has 0 aromatic heterocycles. The summed E-state index contributed by atoms with van der Waals surface area (Å²) in [6, 6.07) is 8.17. The molecule has 1 N–H and O–H groups in total. The number of hydrogen-bond donors (Lipinski definition) is 1. The molecule has 0 aliphatic heterocycles. The topological polar surface area (TPSA) is 41.6 Å². The molecule has 0 bridgehead atoms. The first kappa shape index (κ1) is 18.7. The quantitative estimate of drug-likeness (QED) is 0.763. The van der Waals surface area contributed by atoms with E-state index < -0.39 is 5.60 Å². The van der Waals surface area contributed by atoms with Crippen LogP contribution in [0.4, 0.5) is 10.5 Å². The van der Waals surface area contributed by atoms with Gasteiger partial charge in [-0.05, 0) is 56.9 Å². The summed E-state index contributed by atoms with van der Waals surface area (Å²) in [6.07, 6.45) is 2.96. The molecule has 0 radical (unpaired) electrons. The molecule has 4 nitrogen and oxygen atoms in total. The lowest BCUT2D eigenvalue weighted by molar-refractivity contribution is 0.0285. The average molecular weight is 324 g/mol. The van der Waals surface area contributed by atoms with Gasteiger partial charge in [-0.1, -0.05) is 12.1 Å². The maximum absolute atomic E-state index is 12.0. The molecule has 0 aliphatic carbocycles. The highest BCUT2D eigenvalue weighted by Crippen LogP contribution is 2.15. The van der Waals surface area contributed by atoms with Gasteiger partial charge in [0, 0.05) is 25.8 Å². The predicted octanol–water partition coefficient (Wildman–Crippen LogP) is 4.22. The fourth-order valence-electron chi connectivity index (χ4n) is 1.91. The molecule has 0 atom stereocenters. The van der Waals surface area contributed by atoms with Crippen LogP contribution in [-0.2, 0) is 11.3 Å². The molecule has 1 amide bonds. The normalized spacial score (nSPS) is 11.1. The minimum absolute atomic E-state index is 0.300. The number of amides is 1. The second-order valence-corrected chi connectivity index (χ2v) is 7.30. The first-order valence-corrected chi connectivity index (χ1v) is 8.97. The number of rotatable bonds is 7. The molecule has 5 heteroatoms. The van der Waals surface area contributed by atoms with Crippen LogP contribution in [0.3, 0.4) is 0 Å². The molecule has 0 aliphatic rings.